The molecule has 1 aromatic carbocycles. The van der Waals surface area contributed by atoms with E-state index in [4.69, 9.17) is 4.42 Å². The number of H-pyrrole nitrogens is 1. The van der Waals surface area contributed by atoms with Crippen LogP contribution in [0.3, 0.4) is 0 Å². The summed E-state index contributed by atoms with van der Waals surface area (Å²) in [5, 5.41) is 6.07. The molecule has 5 rings (SSSR count). The number of fused-ring (bicyclic) bond motifs is 2. The van der Waals surface area contributed by atoms with Gasteiger partial charge in [-0.15, -0.1) is 0 Å². The van der Waals surface area contributed by atoms with E-state index in [1.165, 1.54) is 24.5 Å². The molecule has 8 nitrogen and oxygen atoms in total. The summed E-state index contributed by atoms with van der Waals surface area (Å²) in [6.07, 6.45) is 2.23. The summed E-state index contributed by atoms with van der Waals surface area (Å²) in [4.78, 5) is 20.2. The SMILES string of the molecule is Fc1cccnc1CNc1nccc2oc(C(F)CNCCc3nc4ccccc4[nH]3)nc12. The second-order valence-corrected chi connectivity index (χ2v) is 7.47. The second kappa shape index (κ2) is 9.29. The Hall–Kier alpha value is -3.92. The second-order valence-electron chi connectivity index (χ2n) is 7.47. The number of para-hydroxylation sites is 2. The highest BCUT2D eigenvalue weighted by atomic mass is 19.1. The van der Waals surface area contributed by atoms with E-state index in [0.717, 1.165) is 16.9 Å². The lowest BCUT2D eigenvalue weighted by molar-refractivity contribution is 0.273. The average Bonchev–Trinajstić information content (AvgIpc) is 3.45. The summed E-state index contributed by atoms with van der Waals surface area (Å²) < 4.78 is 34.2. The fourth-order valence-electron chi connectivity index (χ4n) is 3.50. The Labute approximate surface area is 187 Å². The highest BCUT2D eigenvalue weighted by Gasteiger charge is 2.19. The monoisotopic (exact) mass is 449 g/mol. The van der Waals surface area contributed by atoms with E-state index in [1.54, 1.807) is 6.07 Å². The number of aromatic nitrogens is 5. The molecular formula is C23H21F2N7O. The van der Waals surface area contributed by atoms with Crippen molar-refractivity contribution >= 4 is 28.0 Å². The van der Waals surface area contributed by atoms with Crippen LogP contribution in [-0.2, 0) is 13.0 Å². The molecule has 0 bridgehead atoms. The summed E-state index contributed by atoms with van der Waals surface area (Å²) in [6, 6.07) is 12.3. The smallest absolute Gasteiger partial charge is 0.231 e. The van der Waals surface area contributed by atoms with Gasteiger partial charge in [-0.2, -0.15) is 0 Å². The van der Waals surface area contributed by atoms with Crippen LogP contribution >= 0.6 is 0 Å². The maximum Gasteiger partial charge on any atom is 0.231 e. The van der Waals surface area contributed by atoms with Gasteiger partial charge in [0.1, 0.15) is 11.6 Å². The van der Waals surface area contributed by atoms with Gasteiger partial charge in [-0.1, -0.05) is 12.1 Å². The van der Waals surface area contributed by atoms with E-state index in [9.17, 15) is 8.78 Å². The first-order chi connectivity index (χ1) is 16.2. The molecule has 0 aliphatic carbocycles. The Morgan fingerprint density at radius 2 is 1.94 bits per heavy atom. The normalized spacial score (nSPS) is 12.4. The summed E-state index contributed by atoms with van der Waals surface area (Å²) in [7, 11) is 0. The number of halogens is 2. The zero-order chi connectivity index (χ0) is 22.6. The molecule has 0 amide bonds. The summed E-state index contributed by atoms with van der Waals surface area (Å²) in [5.74, 6) is 0.751. The third-order valence-corrected chi connectivity index (χ3v) is 5.15. The zero-order valence-corrected chi connectivity index (χ0v) is 17.6. The molecule has 1 atom stereocenters. The van der Waals surface area contributed by atoms with E-state index in [-0.39, 0.29) is 24.7 Å². The molecule has 5 aromatic rings. The van der Waals surface area contributed by atoms with Gasteiger partial charge in [-0.05, 0) is 24.3 Å². The van der Waals surface area contributed by atoms with Crippen molar-refractivity contribution in [2.75, 3.05) is 18.4 Å². The Morgan fingerprint density at radius 3 is 2.82 bits per heavy atom. The number of pyridine rings is 2. The summed E-state index contributed by atoms with van der Waals surface area (Å²) >= 11 is 0. The van der Waals surface area contributed by atoms with Crippen molar-refractivity contribution in [2.24, 2.45) is 0 Å². The fraction of sp³-hybridized carbons (Fsp3) is 0.217. The van der Waals surface area contributed by atoms with Gasteiger partial charge < -0.3 is 20.0 Å². The highest BCUT2D eigenvalue weighted by Crippen LogP contribution is 2.26. The molecule has 0 fully saturated rings. The molecule has 0 saturated carbocycles. The Kier molecular flexibility index (Phi) is 5.90. The fourth-order valence-corrected chi connectivity index (χ4v) is 3.50. The molecule has 0 spiro atoms. The molecule has 168 valence electrons. The van der Waals surface area contributed by atoms with Gasteiger partial charge in [0, 0.05) is 38.0 Å². The quantitative estimate of drug-likeness (QED) is 0.291. The van der Waals surface area contributed by atoms with E-state index in [0.29, 0.717) is 29.9 Å². The number of alkyl halides is 1. The Bertz CT molecular complexity index is 1350. The van der Waals surface area contributed by atoms with Crippen molar-refractivity contribution in [1.82, 2.24) is 30.2 Å². The molecule has 0 saturated heterocycles. The number of oxazole rings is 1. The first-order valence-electron chi connectivity index (χ1n) is 10.5. The van der Waals surface area contributed by atoms with Gasteiger partial charge in [0.25, 0.3) is 0 Å². The molecule has 0 radical (unpaired) electrons. The maximum atomic E-state index is 14.8. The number of nitrogens with zero attached hydrogens (tertiary/aromatic N) is 4. The van der Waals surface area contributed by atoms with E-state index in [1.807, 2.05) is 24.3 Å². The van der Waals surface area contributed by atoms with Gasteiger partial charge in [0.2, 0.25) is 5.89 Å². The minimum absolute atomic E-state index is 0.0405. The van der Waals surface area contributed by atoms with Crippen molar-refractivity contribution in [3.05, 3.63) is 78.1 Å². The van der Waals surface area contributed by atoms with E-state index in [2.05, 4.69) is 35.6 Å². The molecular weight excluding hydrogens is 428 g/mol. The zero-order valence-electron chi connectivity index (χ0n) is 17.6. The van der Waals surface area contributed by atoms with Gasteiger partial charge in [-0.25, -0.2) is 23.7 Å². The van der Waals surface area contributed by atoms with Gasteiger partial charge >= 0.3 is 0 Å². The molecule has 0 aliphatic heterocycles. The van der Waals surface area contributed by atoms with Crippen LogP contribution in [0.25, 0.3) is 22.1 Å². The average molecular weight is 449 g/mol. The van der Waals surface area contributed by atoms with E-state index < -0.39 is 12.0 Å². The Balaban J connectivity index is 1.19. The van der Waals surface area contributed by atoms with Crippen LogP contribution in [0.1, 0.15) is 23.6 Å². The molecule has 4 aromatic heterocycles. The molecule has 3 N–H and O–H groups in total. The van der Waals surface area contributed by atoms with Crippen LogP contribution in [0, 0.1) is 5.82 Å². The molecule has 0 aliphatic rings. The van der Waals surface area contributed by atoms with Crippen LogP contribution < -0.4 is 10.6 Å². The lowest BCUT2D eigenvalue weighted by Crippen LogP contribution is -2.22. The molecule has 1 unspecified atom stereocenters. The molecule has 4 heterocycles. The predicted molar refractivity (Wildman–Crippen MR) is 120 cm³/mol. The lowest BCUT2D eigenvalue weighted by atomic mass is 10.3. The number of rotatable bonds is 9. The number of imidazole rings is 1. The lowest BCUT2D eigenvalue weighted by Gasteiger charge is -2.06. The van der Waals surface area contributed by atoms with Gasteiger partial charge in [0.05, 0.1) is 23.3 Å². The predicted octanol–water partition coefficient (Wildman–Crippen LogP) is 4.09. The summed E-state index contributed by atoms with van der Waals surface area (Å²) in [6.45, 7) is 0.705. The first-order valence-corrected chi connectivity index (χ1v) is 10.5. The molecule has 10 heteroatoms. The number of benzene rings is 1. The minimum atomic E-state index is -1.44. The van der Waals surface area contributed by atoms with Crippen molar-refractivity contribution in [3.8, 4) is 0 Å². The van der Waals surface area contributed by atoms with Crippen molar-refractivity contribution in [2.45, 2.75) is 19.1 Å². The van der Waals surface area contributed by atoms with Crippen LogP contribution in [0.5, 0.6) is 0 Å². The van der Waals surface area contributed by atoms with Crippen LogP contribution in [0.4, 0.5) is 14.6 Å². The first kappa shape index (κ1) is 21.0. The third-order valence-electron chi connectivity index (χ3n) is 5.15. The minimum Gasteiger partial charge on any atom is -0.437 e. The van der Waals surface area contributed by atoms with Gasteiger partial charge in [-0.3, -0.25) is 4.98 Å². The summed E-state index contributed by atoms with van der Waals surface area (Å²) in [5.41, 5.74) is 2.91. The number of anilines is 1. The van der Waals surface area contributed by atoms with Crippen molar-refractivity contribution in [1.29, 1.82) is 0 Å². The van der Waals surface area contributed by atoms with Gasteiger partial charge in [0.15, 0.2) is 23.1 Å². The topological polar surface area (TPSA) is 105 Å². The third kappa shape index (κ3) is 4.65. The Morgan fingerprint density at radius 1 is 1.03 bits per heavy atom. The van der Waals surface area contributed by atoms with E-state index >= 15 is 0 Å². The largest absolute Gasteiger partial charge is 0.437 e. The van der Waals surface area contributed by atoms with Crippen LogP contribution in [-0.4, -0.2) is 38.0 Å². The maximum absolute atomic E-state index is 14.8. The van der Waals surface area contributed by atoms with Crippen molar-refractivity contribution in [3.63, 3.8) is 0 Å². The number of hydrogen-bond acceptors (Lipinski definition) is 7. The number of hydrogen-bond donors (Lipinski definition) is 3. The number of nitrogens with one attached hydrogen (secondary N) is 3. The van der Waals surface area contributed by atoms with Crippen LogP contribution in [0.15, 0.2) is 59.3 Å². The standard InChI is InChI=1S/C23H21F2N7O/c24-14-4-3-9-27-18(14)13-29-22-21-19(7-11-28-22)33-23(32-21)15(25)12-26-10-8-20-30-16-5-1-2-6-17(16)31-20/h1-7,9,11,15,26H,8,10,12-13H2,(H,28,29)(H,30,31). The molecule has 33 heavy (non-hydrogen) atoms. The van der Waals surface area contributed by atoms with Crippen molar-refractivity contribution < 1.29 is 13.2 Å². The van der Waals surface area contributed by atoms with Crippen LogP contribution in [0.2, 0.25) is 0 Å². The highest BCUT2D eigenvalue weighted by molar-refractivity contribution is 5.84. The number of aromatic amines is 1.